The molecule has 0 aliphatic carbocycles. The second-order valence-corrected chi connectivity index (χ2v) is 8.07. The molecular weight excluding hydrogens is 408 g/mol. The third-order valence-electron chi connectivity index (χ3n) is 5.28. The van der Waals surface area contributed by atoms with Gasteiger partial charge in [0.05, 0.1) is 17.5 Å². The Morgan fingerprint density at radius 1 is 0.903 bits per heavy atom. The van der Waals surface area contributed by atoms with Crippen molar-refractivity contribution in [2.45, 2.75) is 32.7 Å². The van der Waals surface area contributed by atoms with Crippen LogP contribution in [0.5, 0.6) is 5.75 Å². The van der Waals surface area contributed by atoms with Crippen molar-refractivity contribution in [2.24, 2.45) is 0 Å². The minimum absolute atomic E-state index is 0.00791. The Bertz CT molecular complexity index is 1220. The van der Waals surface area contributed by atoms with Crippen LogP contribution in [0.25, 0.3) is 22.3 Å². The van der Waals surface area contributed by atoms with Crippen LogP contribution in [0.2, 0.25) is 5.02 Å². The van der Waals surface area contributed by atoms with E-state index in [-0.39, 0.29) is 5.56 Å². The number of ether oxygens (including phenoxy) is 1. The van der Waals surface area contributed by atoms with Crippen molar-refractivity contribution < 1.29 is 4.74 Å². The highest BCUT2D eigenvalue weighted by atomic mass is 35.5. The number of aryl methyl sites for hydroxylation is 1. The summed E-state index contributed by atoms with van der Waals surface area (Å²) in [5, 5.41) is 1.30. The number of rotatable bonds is 8. The van der Waals surface area contributed by atoms with Gasteiger partial charge in [-0.1, -0.05) is 41.4 Å². The number of hydrogen-bond acceptors (Lipinski definition) is 3. The fourth-order valence-corrected chi connectivity index (χ4v) is 3.69. The number of para-hydroxylation sites is 1. The van der Waals surface area contributed by atoms with Gasteiger partial charge in [-0.2, -0.15) is 0 Å². The van der Waals surface area contributed by atoms with Crippen molar-refractivity contribution in [3.63, 3.8) is 0 Å². The number of nitrogens with zero attached hydrogens (tertiary/aromatic N) is 2. The zero-order chi connectivity index (χ0) is 21.6. The van der Waals surface area contributed by atoms with Crippen LogP contribution in [0.1, 0.15) is 24.8 Å². The molecule has 0 atom stereocenters. The van der Waals surface area contributed by atoms with E-state index in [2.05, 4.69) is 6.92 Å². The molecule has 158 valence electrons. The summed E-state index contributed by atoms with van der Waals surface area (Å²) in [5.74, 6) is 1.57. The molecule has 0 saturated heterocycles. The van der Waals surface area contributed by atoms with Gasteiger partial charge in [-0.3, -0.25) is 9.36 Å². The molecule has 4 nitrogen and oxygen atoms in total. The van der Waals surface area contributed by atoms with Gasteiger partial charge in [0.1, 0.15) is 11.6 Å². The Kier molecular flexibility index (Phi) is 6.68. The van der Waals surface area contributed by atoms with E-state index < -0.39 is 0 Å². The van der Waals surface area contributed by atoms with Gasteiger partial charge in [0, 0.05) is 17.1 Å². The van der Waals surface area contributed by atoms with Crippen molar-refractivity contribution >= 4 is 22.5 Å². The van der Waals surface area contributed by atoms with Crippen molar-refractivity contribution in [1.29, 1.82) is 0 Å². The van der Waals surface area contributed by atoms with Crippen LogP contribution >= 0.6 is 11.6 Å². The largest absolute Gasteiger partial charge is 0.494 e. The van der Waals surface area contributed by atoms with Crippen LogP contribution in [-0.4, -0.2) is 16.2 Å². The summed E-state index contributed by atoms with van der Waals surface area (Å²) in [4.78, 5) is 18.0. The zero-order valence-corrected chi connectivity index (χ0v) is 18.3. The summed E-state index contributed by atoms with van der Waals surface area (Å²) in [7, 11) is 0. The smallest absolute Gasteiger partial charge is 0.261 e. The minimum atomic E-state index is -0.00791. The lowest BCUT2D eigenvalue weighted by Crippen LogP contribution is -2.23. The topological polar surface area (TPSA) is 44.1 Å². The quantitative estimate of drug-likeness (QED) is 0.308. The summed E-state index contributed by atoms with van der Waals surface area (Å²) in [6.45, 7) is 3.34. The summed E-state index contributed by atoms with van der Waals surface area (Å²) in [5.41, 5.74) is 2.81. The maximum atomic E-state index is 13.2. The molecule has 0 N–H and O–H groups in total. The molecule has 1 heterocycles. The second kappa shape index (κ2) is 9.80. The van der Waals surface area contributed by atoms with Gasteiger partial charge in [0.15, 0.2) is 0 Å². The van der Waals surface area contributed by atoms with Crippen LogP contribution in [0.4, 0.5) is 0 Å². The summed E-state index contributed by atoms with van der Waals surface area (Å²) < 4.78 is 7.59. The molecule has 0 saturated carbocycles. The second-order valence-electron chi connectivity index (χ2n) is 7.64. The predicted molar refractivity (Wildman–Crippen MR) is 127 cm³/mol. The third kappa shape index (κ3) is 5.15. The van der Waals surface area contributed by atoms with Crippen molar-refractivity contribution in [1.82, 2.24) is 9.55 Å². The number of halogens is 1. The molecule has 4 aromatic rings. The van der Waals surface area contributed by atoms with E-state index in [4.69, 9.17) is 21.3 Å². The molecule has 1 aromatic heterocycles. The summed E-state index contributed by atoms with van der Waals surface area (Å²) in [6, 6.07) is 23.0. The molecule has 0 bridgehead atoms. The first kappa shape index (κ1) is 21.1. The van der Waals surface area contributed by atoms with Crippen LogP contribution in [0.15, 0.2) is 77.6 Å². The lowest BCUT2D eigenvalue weighted by Gasteiger charge is -2.14. The Balaban J connectivity index is 1.46. The highest BCUT2D eigenvalue weighted by Crippen LogP contribution is 2.22. The van der Waals surface area contributed by atoms with Gasteiger partial charge < -0.3 is 4.74 Å². The molecule has 5 heteroatoms. The van der Waals surface area contributed by atoms with Crippen LogP contribution in [-0.2, 0) is 6.54 Å². The Morgan fingerprint density at radius 2 is 1.65 bits per heavy atom. The lowest BCUT2D eigenvalue weighted by molar-refractivity contribution is 0.303. The van der Waals surface area contributed by atoms with Gasteiger partial charge in [0.2, 0.25) is 0 Å². The number of benzene rings is 3. The summed E-state index contributed by atoms with van der Waals surface area (Å²) in [6.07, 6.45) is 2.77. The highest BCUT2D eigenvalue weighted by molar-refractivity contribution is 6.30. The van der Waals surface area contributed by atoms with Crippen LogP contribution < -0.4 is 10.3 Å². The summed E-state index contributed by atoms with van der Waals surface area (Å²) >= 11 is 6.05. The van der Waals surface area contributed by atoms with Gasteiger partial charge >= 0.3 is 0 Å². The van der Waals surface area contributed by atoms with Gasteiger partial charge in [-0.25, -0.2) is 4.98 Å². The normalized spacial score (nSPS) is 11.0. The molecule has 0 amide bonds. The Labute approximate surface area is 187 Å². The van der Waals surface area contributed by atoms with Gasteiger partial charge in [-0.05, 0) is 74.7 Å². The number of hydrogen-bond donors (Lipinski definition) is 0. The standard InChI is InChI=1S/C26H25ClN2O2/c1-19-9-15-22(16-10-19)31-18-6-2-5-17-29-25(20-11-13-21(27)14-12-20)28-24-8-4-3-7-23(24)26(29)30/h3-4,7-16H,2,5-6,17-18H2,1H3. The van der Waals surface area contributed by atoms with E-state index >= 15 is 0 Å². The minimum Gasteiger partial charge on any atom is -0.494 e. The fourth-order valence-electron chi connectivity index (χ4n) is 3.57. The fraction of sp³-hybridized carbons (Fsp3) is 0.231. The first-order valence-electron chi connectivity index (χ1n) is 10.6. The first-order chi connectivity index (χ1) is 15.1. The van der Waals surface area contributed by atoms with Gasteiger partial charge in [-0.15, -0.1) is 0 Å². The van der Waals surface area contributed by atoms with E-state index in [1.54, 1.807) is 4.57 Å². The predicted octanol–water partition coefficient (Wildman–Crippen LogP) is 6.27. The van der Waals surface area contributed by atoms with Gasteiger partial charge in [0.25, 0.3) is 5.56 Å². The molecule has 0 spiro atoms. The highest BCUT2D eigenvalue weighted by Gasteiger charge is 2.12. The van der Waals surface area contributed by atoms with E-state index in [9.17, 15) is 4.79 Å². The molecule has 0 aliphatic rings. The SMILES string of the molecule is Cc1ccc(OCCCCCn2c(-c3ccc(Cl)cc3)nc3ccccc3c2=O)cc1. The molecule has 0 unspecified atom stereocenters. The number of fused-ring (bicyclic) bond motifs is 1. The number of aromatic nitrogens is 2. The molecule has 4 rings (SSSR count). The maximum absolute atomic E-state index is 13.2. The Hall–Kier alpha value is -3.11. The zero-order valence-electron chi connectivity index (χ0n) is 17.6. The first-order valence-corrected chi connectivity index (χ1v) is 10.9. The van der Waals surface area contributed by atoms with Crippen molar-refractivity contribution in [3.8, 4) is 17.1 Å². The maximum Gasteiger partial charge on any atom is 0.261 e. The average Bonchev–Trinajstić information content (AvgIpc) is 2.79. The molecule has 0 fully saturated rings. The monoisotopic (exact) mass is 432 g/mol. The van der Waals surface area contributed by atoms with Crippen LogP contribution in [0.3, 0.4) is 0 Å². The van der Waals surface area contributed by atoms with Crippen molar-refractivity contribution in [2.75, 3.05) is 6.61 Å². The molecule has 0 aliphatic heterocycles. The molecular formula is C26H25ClN2O2. The third-order valence-corrected chi connectivity index (χ3v) is 5.53. The van der Waals surface area contributed by atoms with E-state index in [0.717, 1.165) is 30.6 Å². The average molecular weight is 433 g/mol. The van der Waals surface area contributed by atoms with E-state index in [1.165, 1.54) is 5.56 Å². The molecule has 0 radical (unpaired) electrons. The molecule has 31 heavy (non-hydrogen) atoms. The van der Waals surface area contributed by atoms with Crippen molar-refractivity contribution in [3.05, 3.63) is 93.7 Å². The lowest BCUT2D eigenvalue weighted by atomic mass is 10.1. The molecule has 3 aromatic carbocycles. The van der Waals surface area contributed by atoms with Crippen LogP contribution in [0, 0.1) is 6.92 Å². The number of unbranched alkanes of at least 4 members (excludes halogenated alkanes) is 2. The Morgan fingerprint density at radius 3 is 2.42 bits per heavy atom. The van der Waals surface area contributed by atoms with E-state index in [1.807, 2.05) is 72.8 Å². The van der Waals surface area contributed by atoms with E-state index in [0.29, 0.717) is 34.9 Å².